The molecule has 1 atom stereocenters. The standard InChI is InChI=1S/C34H31Cl2F5N6O3S2/c35-24-9-12-28(27(36)20-24)47-31(29-13-11-25(51-29)10-6-22-4-7-23(8-5-22)34(39,40)41)26(30(42-47)32(48)43-44-16-2-1-3-17-44)21-46(52(49)50)45-18-14-33(37,38)15-19-45/h4-5,7-9,11-13,20H,1-3,14-19,21H2,(H,43,48)(H,49,50)/p-1. The fraction of sp³-hybridized carbons (Fsp3) is 0.353. The first-order valence-electron chi connectivity index (χ1n) is 16.1. The number of hydrogen-bond donors (Lipinski definition) is 1. The molecule has 2 aromatic heterocycles. The van der Waals surface area contributed by atoms with Crippen molar-refractivity contribution in [2.45, 2.75) is 50.7 Å². The SMILES string of the molecule is O=C(NN1CCCCC1)c1nn(-c2ccc(Cl)cc2Cl)c(-c2ccc(C#Cc3ccc(C(F)(F)F)cc3)s2)c1CN(N1CCC(F)(F)CC1)S(=O)[O-]. The summed E-state index contributed by atoms with van der Waals surface area (Å²) < 4.78 is 95.1. The first-order chi connectivity index (χ1) is 24.7. The van der Waals surface area contributed by atoms with Gasteiger partial charge in [-0.25, -0.2) is 23.5 Å². The maximum absolute atomic E-state index is 14.1. The van der Waals surface area contributed by atoms with Crippen molar-refractivity contribution in [3.05, 3.63) is 91.9 Å². The lowest BCUT2D eigenvalue weighted by Gasteiger charge is -2.40. The Morgan fingerprint density at radius 1 is 1.00 bits per heavy atom. The first kappa shape index (κ1) is 38.3. The molecule has 0 bridgehead atoms. The van der Waals surface area contributed by atoms with Crippen LogP contribution in [0.25, 0.3) is 16.3 Å². The Labute approximate surface area is 312 Å². The van der Waals surface area contributed by atoms with E-state index in [0.29, 0.717) is 44.8 Å². The molecule has 1 N–H and O–H groups in total. The van der Waals surface area contributed by atoms with Gasteiger partial charge in [0.1, 0.15) is 0 Å². The highest BCUT2D eigenvalue weighted by Gasteiger charge is 2.38. The Morgan fingerprint density at radius 3 is 2.33 bits per heavy atom. The smallest absolute Gasteiger partial charge is 0.416 e. The Hall–Kier alpha value is -3.40. The Bertz CT molecular complexity index is 2010. The van der Waals surface area contributed by atoms with Crippen molar-refractivity contribution in [2.75, 3.05) is 26.2 Å². The zero-order valence-electron chi connectivity index (χ0n) is 27.2. The molecule has 1 unspecified atom stereocenters. The minimum atomic E-state index is -4.49. The lowest BCUT2D eigenvalue weighted by Crippen LogP contribution is -2.50. The molecular weight excluding hydrogens is 770 g/mol. The van der Waals surface area contributed by atoms with Gasteiger partial charge in [-0.15, -0.1) is 11.3 Å². The number of nitrogens with one attached hydrogen (secondary N) is 1. The molecule has 52 heavy (non-hydrogen) atoms. The quantitative estimate of drug-likeness (QED) is 0.112. The van der Waals surface area contributed by atoms with Gasteiger partial charge in [-0.3, -0.25) is 14.4 Å². The summed E-state index contributed by atoms with van der Waals surface area (Å²) in [6.45, 7) is 0.275. The third-order valence-corrected chi connectivity index (χ3v) is 10.8. The van der Waals surface area contributed by atoms with Gasteiger partial charge in [-0.1, -0.05) is 41.5 Å². The molecule has 2 saturated heterocycles. The number of nitrogens with zero attached hydrogens (tertiary/aromatic N) is 5. The third-order valence-electron chi connectivity index (χ3n) is 8.59. The van der Waals surface area contributed by atoms with Gasteiger partial charge in [0, 0.05) is 66.4 Å². The minimum Gasteiger partial charge on any atom is -0.759 e. The topological polar surface area (TPSA) is 96.8 Å². The molecule has 4 heterocycles. The van der Waals surface area contributed by atoms with Crippen molar-refractivity contribution in [2.24, 2.45) is 0 Å². The van der Waals surface area contributed by atoms with Crippen molar-refractivity contribution in [1.82, 2.24) is 29.6 Å². The first-order valence-corrected chi connectivity index (χ1v) is 18.7. The number of benzene rings is 2. The molecule has 18 heteroatoms. The van der Waals surface area contributed by atoms with E-state index in [4.69, 9.17) is 23.2 Å². The zero-order valence-corrected chi connectivity index (χ0v) is 30.3. The lowest BCUT2D eigenvalue weighted by molar-refractivity contribution is -0.137. The van der Waals surface area contributed by atoms with Crippen molar-refractivity contribution in [3.63, 3.8) is 0 Å². The van der Waals surface area contributed by atoms with E-state index < -0.39 is 54.2 Å². The van der Waals surface area contributed by atoms with Crippen LogP contribution in [-0.2, 0) is 24.0 Å². The fourth-order valence-electron chi connectivity index (χ4n) is 5.90. The number of thiophene rings is 1. The number of amides is 1. The number of hydrogen-bond acceptors (Lipinski definition) is 7. The van der Waals surface area contributed by atoms with Gasteiger partial charge in [0.25, 0.3) is 11.8 Å². The highest BCUT2D eigenvalue weighted by molar-refractivity contribution is 7.76. The summed E-state index contributed by atoms with van der Waals surface area (Å²) >= 11 is 11.1. The molecule has 2 aliphatic heterocycles. The van der Waals surface area contributed by atoms with E-state index in [9.17, 15) is 35.5 Å². The van der Waals surface area contributed by atoms with Crippen molar-refractivity contribution < 1.29 is 35.5 Å². The van der Waals surface area contributed by atoms with E-state index in [0.717, 1.165) is 35.8 Å². The van der Waals surface area contributed by atoms with Gasteiger partial charge in [-0.05, 0) is 67.4 Å². The molecule has 4 aromatic rings. The molecule has 0 spiro atoms. The van der Waals surface area contributed by atoms with Crippen LogP contribution in [0.1, 0.15) is 64.2 Å². The van der Waals surface area contributed by atoms with Crippen LogP contribution < -0.4 is 5.43 Å². The Kier molecular flexibility index (Phi) is 11.7. The fourth-order valence-corrected chi connectivity index (χ4v) is 7.89. The van der Waals surface area contributed by atoms with Gasteiger partial charge < -0.3 is 4.55 Å². The maximum atomic E-state index is 14.1. The number of halogens is 7. The average molecular weight is 801 g/mol. The van der Waals surface area contributed by atoms with Crippen LogP contribution in [0.15, 0.2) is 54.6 Å². The van der Waals surface area contributed by atoms with Crippen molar-refractivity contribution in [1.29, 1.82) is 0 Å². The van der Waals surface area contributed by atoms with Crippen LogP contribution in [0.4, 0.5) is 22.0 Å². The van der Waals surface area contributed by atoms with Crippen molar-refractivity contribution >= 4 is 51.7 Å². The Morgan fingerprint density at radius 2 is 1.69 bits per heavy atom. The van der Waals surface area contributed by atoms with E-state index in [1.807, 2.05) is 0 Å². The summed E-state index contributed by atoms with van der Waals surface area (Å²) in [6, 6.07) is 12.4. The summed E-state index contributed by atoms with van der Waals surface area (Å²) in [6.07, 6.45) is -2.86. The van der Waals surface area contributed by atoms with E-state index in [1.54, 1.807) is 29.3 Å². The summed E-state index contributed by atoms with van der Waals surface area (Å²) in [7, 11) is 0. The second-order valence-electron chi connectivity index (χ2n) is 12.2. The average Bonchev–Trinajstić information content (AvgIpc) is 3.71. The predicted octanol–water partition coefficient (Wildman–Crippen LogP) is 7.70. The van der Waals surface area contributed by atoms with Gasteiger partial charge in [0.15, 0.2) is 5.69 Å². The van der Waals surface area contributed by atoms with Crippen LogP contribution in [0.5, 0.6) is 0 Å². The molecular formula is C34H30Cl2F5N6O3S2-. The number of rotatable bonds is 8. The molecule has 0 radical (unpaired) electrons. The van der Waals surface area contributed by atoms with E-state index >= 15 is 0 Å². The van der Waals surface area contributed by atoms with Gasteiger partial charge >= 0.3 is 6.18 Å². The second-order valence-corrected chi connectivity index (χ2v) is 15.0. The second kappa shape index (κ2) is 15.9. The molecule has 2 aliphatic rings. The molecule has 276 valence electrons. The van der Waals surface area contributed by atoms with Crippen LogP contribution in [0, 0.1) is 11.8 Å². The molecule has 2 fully saturated rings. The normalized spacial score (nSPS) is 17.5. The number of alkyl halides is 5. The third kappa shape index (κ3) is 9.03. The predicted molar refractivity (Wildman–Crippen MR) is 187 cm³/mol. The largest absolute Gasteiger partial charge is 0.759 e. The molecule has 1 amide bonds. The van der Waals surface area contributed by atoms with Crippen LogP contribution >= 0.6 is 34.5 Å². The number of carbonyl (C=O) groups excluding carboxylic acids is 1. The molecule has 6 rings (SSSR count). The van der Waals surface area contributed by atoms with Gasteiger partial charge in [0.05, 0.1) is 38.3 Å². The van der Waals surface area contributed by atoms with Gasteiger partial charge in [0.2, 0.25) is 0 Å². The zero-order chi connectivity index (χ0) is 37.2. The summed E-state index contributed by atoms with van der Waals surface area (Å²) in [5.41, 5.74) is 3.09. The van der Waals surface area contributed by atoms with E-state index in [1.165, 1.54) is 39.2 Å². The number of hydrazine groups is 2. The van der Waals surface area contributed by atoms with Crippen LogP contribution in [0.3, 0.4) is 0 Å². The van der Waals surface area contributed by atoms with Crippen molar-refractivity contribution in [3.8, 4) is 28.1 Å². The number of carbonyl (C=O) groups is 1. The maximum Gasteiger partial charge on any atom is 0.416 e. The summed E-state index contributed by atoms with van der Waals surface area (Å²) in [4.78, 5) is 15.0. The van der Waals surface area contributed by atoms with E-state index in [2.05, 4.69) is 22.4 Å². The Balaban J connectivity index is 1.46. The minimum absolute atomic E-state index is 0.116. The number of piperidine rings is 2. The van der Waals surface area contributed by atoms with Crippen LogP contribution in [-0.4, -0.2) is 71.0 Å². The van der Waals surface area contributed by atoms with E-state index in [-0.39, 0.29) is 29.4 Å². The highest BCUT2D eigenvalue weighted by atomic mass is 35.5. The van der Waals surface area contributed by atoms with Gasteiger partial charge in [-0.2, -0.15) is 22.7 Å². The monoisotopic (exact) mass is 799 g/mol. The highest BCUT2D eigenvalue weighted by Crippen LogP contribution is 2.38. The lowest BCUT2D eigenvalue weighted by atomic mass is 10.1. The van der Waals surface area contributed by atoms with Crippen LogP contribution in [0.2, 0.25) is 10.0 Å². The molecule has 0 saturated carbocycles. The summed E-state index contributed by atoms with van der Waals surface area (Å²) in [5.74, 6) is 2.25. The number of aromatic nitrogens is 2. The molecule has 0 aliphatic carbocycles. The summed E-state index contributed by atoms with van der Waals surface area (Å²) in [5, 5.41) is 8.26. The molecule has 9 nitrogen and oxygen atoms in total. The molecule has 2 aromatic carbocycles.